The smallest absolute Gasteiger partial charge is 0.253 e. The molecule has 0 radical (unpaired) electrons. The lowest BCUT2D eigenvalue weighted by Crippen LogP contribution is -2.46. The van der Waals surface area contributed by atoms with Crippen LogP contribution in [0.25, 0.3) is 10.9 Å². The number of thiocarbonyl (C=S) groups is 1. The molecular formula is C25H36N4O3S. The summed E-state index contributed by atoms with van der Waals surface area (Å²) in [6.45, 7) is 10.0. The summed E-state index contributed by atoms with van der Waals surface area (Å²) in [5.41, 5.74) is 1.40. The third-order valence-corrected chi connectivity index (χ3v) is 7.15. The summed E-state index contributed by atoms with van der Waals surface area (Å²) < 4.78 is 11.4. The van der Waals surface area contributed by atoms with Gasteiger partial charge in [-0.2, -0.15) is 0 Å². The van der Waals surface area contributed by atoms with Crippen LogP contribution in [-0.4, -0.2) is 65.3 Å². The van der Waals surface area contributed by atoms with Gasteiger partial charge < -0.3 is 29.6 Å². The molecule has 4 rings (SSSR count). The van der Waals surface area contributed by atoms with Crippen molar-refractivity contribution in [2.45, 2.75) is 58.5 Å². The number of pyridine rings is 1. The fraction of sp³-hybridized carbons (Fsp3) is 0.600. The van der Waals surface area contributed by atoms with Crippen molar-refractivity contribution in [3.8, 4) is 11.5 Å². The zero-order valence-corrected chi connectivity index (χ0v) is 20.6. The van der Waals surface area contributed by atoms with Crippen molar-refractivity contribution in [3.05, 3.63) is 34.1 Å². The summed E-state index contributed by atoms with van der Waals surface area (Å²) in [4.78, 5) is 20.6. The number of rotatable bonds is 9. The van der Waals surface area contributed by atoms with E-state index in [0.717, 1.165) is 72.8 Å². The highest BCUT2D eigenvalue weighted by Gasteiger charge is 2.26. The van der Waals surface area contributed by atoms with Crippen molar-refractivity contribution >= 4 is 28.2 Å². The Morgan fingerprint density at radius 2 is 1.82 bits per heavy atom. The first-order valence-electron chi connectivity index (χ1n) is 12.3. The van der Waals surface area contributed by atoms with Crippen LogP contribution in [0.4, 0.5) is 0 Å². The second-order valence-electron chi connectivity index (χ2n) is 8.89. The van der Waals surface area contributed by atoms with E-state index in [1.54, 1.807) is 0 Å². The van der Waals surface area contributed by atoms with E-state index < -0.39 is 0 Å². The lowest BCUT2D eigenvalue weighted by atomic mass is 10.1. The molecule has 0 amide bonds. The van der Waals surface area contributed by atoms with E-state index in [1.807, 2.05) is 18.2 Å². The number of fused-ring (bicyclic) bond motifs is 2. The summed E-state index contributed by atoms with van der Waals surface area (Å²) >= 11 is 5.82. The van der Waals surface area contributed by atoms with E-state index in [0.29, 0.717) is 31.5 Å². The third-order valence-electron chi connectivity index (χ3n) is 6.77. The largest absolute Gasteiger partial charge is 0.486 e. The van der Waals surface area contributed by atoms with E-state index in [1.165, 1.54) is 12.8 Å². The molecule has 1 fully saturated rings. The Balaban J connectivity index is 1.49. The zero-order valence-electron chi connectivity index (χ0n) is 19.8. The predicted octanol–water partition coefficient (Wildman–Crippen LogP) is 3.65. The van der Waals surface area contributed by atoms with Gasteiger partial charge in [0.05, 0.1) is 12.1 Å². The molecule has 1 saturated carbocycles. The fourth-order valence-corrected chi connectivity index (χ4v) is 5.13. The van der Waals surface area contributed by atoms with Crippen LogP contribution in [-0.2, 0) is 6.54 Å². The van der Waals surface area contributed by atoms with Crippen LogP contribution < -0.4 is 20.3 Å². The number of aromatic amines is 1. The molecule has 0 saturated heterocycles. The normalized spacial score (nSPS) is 15.8. The summed E-state index contributed by atoms with van der Waals surface area (Å²) in [6, 6.07) is 6.15. The minimum atomic E-state index is -0.0773. The number of benzene rings is 1. The van der Waals surface area contributed by atoms with Crippen LogP contribution in [0.15, 0.2) is 23.0 Å². The van der Waals surface area contributed by atoms with Crippen molar-refractivity contribution < 1.29 is 9.47 Å². The quantitative estimate of drug-likeness (QED) is 0.426. The Labute approximate surface area is 201 Å². The van der Waals surface area contributed by atoms with Gasteiger partial charge in [0.15, 0.2) is 16.6 Å². The number of hydrogen-bond donors (Lipinski definition) is 2. The van der Waals surface area contributed by atoms with Crippen LogP contribution in [0.1, 0.15) is 51.5 Å². The number of ether oxygens (including phenoxy) is 2. The molecule has 2 heterocycles. The fourth-order valence-electron chi connectivity index (χ4n) is 4.81. The van der Waals surface area contributed by atoms with E-state index in [-0.39, 0.29) is 5.56 Å². The SMILES string of the molecule is CCN(CC)CCCNC(=S)N(Cc1cc2cc3c(cc2[nH]c1=O)OCCO3)C1CCCC1. The topological polar surface area (TPSA) is 69.8 Å². The van der Waals surface area contributed by atoms with E-state index in [4.69, 9.17) is 21.7 Å². The summed E-state index contributed by atoms with van der Waals surface area (Å²) in [7, 11) is 0. The molecule has 1 aromatic carbocycles. The Kier molecular flexibility index (Phi) is 8.09. The molecule has 2 N–H and O–H groups in total. The van der Waals surface area contributed by atoms with Crippen LogP contribution in [0.2, 0.25) is 0 Å². The molecule has 1 aliphatic carbocycles. The minimum absolute atomic E-state index is 0.0773. The number of nitrogens with one attached hydrogen (secondary N) is 2. The molecule has 0 spiro atoms. The minimum Gasteiger partial charge on any atom is -0.486 e. The Morgan fingerprint density at radius 1 is 1.12 bits per heavy atom. The van der Waals surface area contributed by atoms with Crippen LogP contribution in [0.5, 0.6) is 11.5 Å². The monoisotopic (exact) mass is 472 g/mol. The van der Waals surface area contributed by atoms with Gasteiger partial charge in [-0.05, 0) is 63.2 Å². The van der Waals surface area contributed by atoms with Crippen molar-refractivity contribution in [1.29, 1.82) is 0 Å². The number of aromatic nitrogens is 1. The molecule has 7 nitrogen and oxygen atoms in total. The third kappa shape index (κ3) is 5.79. The molecule has 0 unspecified atom stereocenters. The molecule has 1 aliphatic heterocycles. The lowest BCUT2D eigenvalue weighted by molar-refractivity contribution is 0.172. The molecule has 2 aliphatic rings. The van der Waals surface area contributed by atoms with Gasteiger partial charge in [-0.1, -0.05) is 26.7 Å². The van der Waals surface area contributed by atoms with Gasteiger partial charge in [0.2, 0.25) is 0 Å². The highest BCUT2D eigenvalue weighted by atomic mass is 32.1. The molecular weight excluding hydrogens is 436 g/mol. The van der Waals surface area contributed by atoms with Crippen molar-refractivity contribution in [2.75, 3.05) is 39.4 Å². The van der Waals surface area contributed by atoms with Gasteiger partial charge in [0.1, 0.15) is 13.2 Å². The molecule has 180 valence electrons. The summed E-state index contributed by atoms with van der Waals surface area (Å²) in [5.74, 6) is 1.41. The van der Waals surface area contributed by atoms with E-state index in [2.05, 4.69) is 33.9 Å². The van der Waals surface area contributed by atoms with Gasteiger partial charge in [-0.15, -0.1) is 0 Å². The maximum absolute atomic E-state index is 13.0. The van der Waals surface area contributed by atoms with Gasteiger partial charge >= 0.3 is 0 Å². The molecule has 0 atom stereocenters. The van der Waals surface area contributed by atoms with E-state index >= 15 is 0 Å². The maximum atomic E-state index is 13.0. The van der Waals surface area contributed by atoms with Crippen LogP contribution >= 0.6 is 12.2 Å². The average Bonchev–Trinajstić information content (AvgIpc) is 3.36. The predicted molar refractivity (Wildman–Crippen MR) is 136 cm³/mol. The Bertz CT molecular complexity index is 1010. The lowest BCUT2D eigenvalue weighted by Gasteiger charge is -2.32. The Hall–Kier alpha value is -2.32. The molecule has 2 aromatic rings. The van der Waals surface area contributed by atoms with Crippen molar-refractivity contribution in [3.63, 3.8) is 0 Å². The summed E-state index contributed by atoms with van der Waals surface area (Å²) in [6.07, 6.45) is 5.70. The van der Waals surface area contributed by atoms with Crippen LogP contribution in [0, 0.1) is 0 Å². The number of nitrogens with zero attached hydrogens (tertiary/aromatic N) is 2. The molecule has 0 bridgehead atoms. The molecule has 33 heavy (non-hydrogen) atoms. The number of H-pyrrole nitrogens is 1. The van der Waals surface area contributed by atoms with Gasteiger partial charge in [0, 0.05) is 29.6 Å². The van der Waals surface area contributed by atoms with Gasteiger partial charge in [0.25, 0.3) is 5.56 Å². The zero-order chi connectivity index (χ0) is 23.2. The average molecular weight is 473 g/mol. The highest BCUT2D eigenvalue weighted by molar-refractivity contribution is 7.80. The standard InChI is InChI=1S/C25H36N4O3S/c1-3-28(4-2)11-7-10-26-25(33)29(20-8-5-6-9-20)17-19-14-18-15-22-23(32-13-12-31-22)16-21(18)27-24(19)30/h14-16,20H,3-13,17H2,1-2H3,(H,26,33)(H,27,30). The highest BCUT2D eigenvalue weighted by Crippen LogP contribution is 2.34. The summed E-state index contributed by atoms with van der Waals surface area (Å²) in [5, 5.41) is 5.16. The van der Waals surface area contributed by atoms with Gasteiger partial charge in [-0.25, -0.2) is 0 Å². The number of hydrogen-bond acceptors (Lipinski definition) is 5. The second-order valence-corrected chi connectivity index (χ2v) is 9.27. The Morgan fingerprint density at radius 3 is 2.52 bits per heavy atom. The molecule has 8 heteroatoms. The van der Waals surface area contributed by atoms with Crippen molar-refractivity contribution in [1.82, 2.24) is 20.1 Å². The second kappa shape index (κ2) is 11.2. The van der Waals surface area contributed by atoms with Gasteiger partial charge in [-0.3, -0.25) is 4.79 Å². The maximum Gasteiger partial charge on any atom is 0.253 e. The first kappa shape index (κ1) is 23.8. The van der Waals surface area contributed by atoms with Crippen molar-refractivity contribution in [2.24, 2.45) is 0 Å². The first-order valence-corrected chi connectivity index (χ1v) is 12.7. The van der Waals surface area contributed by atoms with E-state index in [9.17, 15) is 4.79 Å². The molecule has 1 aromatic heterocycles. The van der Waals surface area contributed by atoms with Crippen LogP contribution in [0.3, 0.4) is 0 Å². The first-order chi connectivity index (χ1) is 16.1.